The molecule has 4 atom stereocenters. The molecule has 2 heteroatoms. The molecule has 2 aliphatic rings. The lowest BCUT2D eigenvalue weighted by Gasteiger charge is -2.44. The molecule has 0 amide bonds. The first-order valence-electron chi connectivity index (χ1n) is 8.07. The molecule has 1 aliphatic heterocycles. The molecule has 4 unspecified atom stereocenters. The summed E-state index contributed by atoms with van der Waals surface area (Å²) in [6.07, 6.45) is 5.85. The van der Waals surface area contributed by atoms with Gasteiger partial charge in [0.1, 0.15) is 0 Å². The summed E-state index contributed by atoms with van der Waals surface area (Å²) in [5.41, 5.74) is 9.54. The molecule has 2 N–H and O–H groups in total. The summed E-state index contributed by atoms with van der Waals surface area (Å²) in [7, 11) is 0. The van der Waals surface area contributed by atoms with Gasteiger partial charge >= 0.3 is 0 Å². The smallest absolute Gasteiger partial charge is 0.0845 e. The second-order valence-corrected chi connectivity index (χ2v) is 7.03. The van der Waals surface area contributed by atoms with Gasteiger partial charge in [-0.2, -0.15) is 0 Å². The Morgan fingerprint density at radius 3 is 2.90 bits per heavy atom. The number of fused-ring (bicyclic) bond motifs is 1. The van der Waals surface area contributed by atoms with Crippen molar-refractivity contribution in [2.45, 2.75) is 57.6 Å². The van der Waals surface area contributed by atoms with Gasteiger partial charge in [-0.25, -0.2) is 0 Å². The zero-order valence-corrected chi connectivity index (χ0v) is 12.8. The third-order valence-electron chi connectivity index (χ3n) is 5.50. The van der Waals surface area contributed by atoms with E-state index in [4.69, 9.17) is 10.5 Å². The fourth-order valence-corrected chi connectivity index (χ4v) is 4.01. The highest BCUT2D eigenvalue weighted by Crippen LogP contribution is 2.42. The first-order chi connectivity index (χ1) is 9.58. The lowest BCUT2D eigenvalue weighted by atomic mass is 9.67. The molecule has 0 bridgehead atoms. The molecule has 0 spiro atoms. The molecule has 1 aliphatic carbocycles. The molecule has 1 fully saturated rings. The zero-order valence-electron chi connectivity index (χ0n) is 12.8. The molecule has 20 heavy (non-hydrogen) atoms. The fraction of sp³-hybridized carbons (Fsp3) is 0.667. The van der Waals surface area contributed by atoms with E-state index in [-0.39, 0.29) is 11.6 Å². The average molecular weight is 273 g/mol. The average Bonchev–Trinajstić information content (AvgIpc) is 2.44. The predicted molar refractivity (Wildman–Crippen MR) is 82.6 cm³/mol. The van der Waals surface area contributed by atoms with Crippen molar-refractivity contribution in [3.05, 3.63) is 35.4 Å². The Hall–Kier alpha value is -0.860. The van der Waals surface area contributed by atoms with Crippen LogP contribution in [-0.2, 0) is 11.2 Å². The molecule has 0 aromatic heterocycles. The van der Waals surface area contributed by atoms with E-state index in [0.29, 0.717) is 5.92 Å². The van der Waals surface area contributed by atoms with Crippen LogP contribution in [0.15, 0.2) is 24.3 Å². The van der Waals surface area contributed by atoms with Gasteiger partial charge < -0.3 is 10.5 Å². The summed E-state index contributed by atoms with van der Waals surface area (Å²) in [5.74, 6) is 1.41. The lowest BCUT2D eigenvalue weighted by Crippen LogP contribution is -2.50. The Balaban J connectivity index is 1.78. The monoisotopic (exact) mass is 273 g/mol. The largest absolute Gasteiger partial charge is 0.373 e. The highest BCUT2D eigenvalue weighted by molar-refractivity contribution is 5.31. The Labute approximate surface area is 122 Å². The fourth-order valence-electron chi connectivity index (χ4n) is 4.01. The highest BCUT2D eigenvalue weighted by atomic mass is 16.5. The van der Waals surface area contributed by atoms with E-state index in [1.54, 1.807) is 0 Å². The minimum Gasteiger partial charge on any atom is -0.373 e. The molecule has 3 rings (SSSR count). The van der Waals surface area contributed by atoms with Crippen molar-refractivity contribution in [2.75, 3.05) is 6.61 Å². The van der Waals surface area contributed by atoms with E-state index in [2.05, 4.69) is 38.1 Å². The summed E-state index contributed by atoms with van der Waals surface area (Å²) in [6, 6.07) is 8.71. The summed E-state index contributed by atoms with van der Waals surface area (Å²) < 4.78 is 6.07. The maximum absolute atomic E-state index is 6.77. The minimum atomic E-state index is -0.0539. The van der Waals surface area contributed by atoms with Crippen LogP contribution in [0.5, 0.6) is 0 Å². The van der Waals surface area contributed by atoms with Gasteiger partial charge in [0.05, 0.1) is 12.7 Å². The van der Waals surface area contributed by atoms with Crippen molar-refractivity contribution < 1.29 is 4.74 Å². The Kier molecular flexibility index (Phi) is 3.87. The van der Waals surface area contributed by atoms with Crippen molar-refractivity contribution in [1.82, 2.24) is 0 Å². The number of hydrogen-bond acceptors (Lipinski definition) is 2. The van der Waals surface area contributed by atoms with Crippen molar-refractivity contribution in [1.29, 1.82) is 0 Å². The normalized spacial score (nSPS) is 37.5. The molecular formula is C18H27NO. The summed E-state index contributed by atoms with van der Waals surface area (Å²) in [4.78, 5) is 0. The molecule has 1 aromatic rings. The molecule has 1 heterocycles. The Morgan fingerprint density at radius 1 is 1.30 bits per heavy atom. The van der Waals surface area contributed by atoms with Crippen LogP contribution in [-0.4, -0.2) is 12.1 Å². The van der Waals surface area contributed by atoms with E-state index in [1.807, 2.05) is 0 Å². The third kappa shape index (κ3) is 2.64. The minimum absolute atomic E-state index is 0.0539. The van der Waals surface area contributed by atoms with E-state index in [0.717, 1.165) is 31.8 Å². The maximum Gasteiger partial charge on any atom is 0.0845 e. The van der Waals surface area contributed by atoms with Crippen LogP contribution in [0.25, 0.3) is 0 Å². The third-order valence-corrected chi connectivity index (χ3v) is 5.50. The van der Waals surface area contributed by atoms with Crippen molar-refractivity contribution in [3.63, 3.8) is 0 Å². The van der Waals surface area contributed by atoms with Crippen LogP contribution in [0.3, 0.4) is 0 Å². The van der Waals surface area contributed by atoms with Gasteiger partial charge in [0.15, 0.2) is 0 Å². The van der Waals surface area contributed by atoms with Crippen LogP contribution in [0.4, 0.5) is 0 Å². The summed E-state index contributed by atoms with van der Waals surface area (Å²) in [6.45, 7) is 5.51. The molecule has 1 aromatic carbocycles. The lowest BCUT2D eigenvalue weighted by molar-refractivity contribution is 0.00239. The second-order valence-electron chi connectivity index (χ2n) is 7.03. The zero-order chi connectivity index (χ0) is 14.2. The Bertz CT molecular complexity index is 472. The Morgan fingerprint density at radius 2 is 2.10 bits per heavy atom. The van der Waals surface area contributed by atoms with Crippen LogP contribution < -0.4 is 5.73 Å². The number of ether oxygens (including phenoxy) is 1. The standard InChI is InChI=1S/C18H27NO/c1-13-7-9-18(19,14(2)11-13)12-17-16-6-4-3-5-15(16)8-10-20-17/h3-6,13-14,17H,7-12,19H2,1-2H3. The van der Waals surface area contributed by atoms with Crippen molar-refractivity contribution >= 4 is 0 Å². The summed E-state index contributed by atoms with van der Waals surface area (Å²) in [5, 5.41) is 0. The van der Waals surface area contributed by atoms with E-state index in [1.165, 1.54) is 24.0 Å². The van der Waals surface area contributed by atoms with Crippen molar-refractivity contribution in [3.8, 4) is 0 Å². The quantitative estimate of drug-likeness (QED) is 0.888. The predicted octanol–water partition coefficient (Wildman–Crippen LogP) is 3.84. The van der Waals surface area contributed by atoms with Crippen LogP contribution in [0.2, 0.25) is 0 Å². The van der Waals surface area contributed by atoms with Gasteiger partial charge in [-0.05, 0) is 55.1 Å². The topological polar surface area (TPSA) is 35.2 Å². The number of hydrogen-bond donors (Lipinski definition) is 1. The molecule has 0 radical (unpaired) electrons. The number of rotatable bonds is 2. The molecule has 2 nitrogen and oxygen atoms in total. The molecule has 1 saturated carbocycles. The first kappa shape index (κ1) is 14.1. The second kappa shape index (κ2) is 5.50. The van der Waals surface area contributed by atoms with Gasteiger partial charge in [-0.1, -0.05) is 38.1 Å². The molecular weight excluding hydrogens is 246 g/mol. The van der Waals surface area contributed by atoms with E-state index >= 15 is 0 Å². The summed E-state index contributed by atoms with van der Waals surface area (Å²) >= 11 is 0. The van der Waals surface area contributed by atoms with Crippen LogP contribution >= 0.6 is 0 Å². The molecule has 110 valence electrons. The number of nitrogens with two attached hydrogens (primary N) is 1. The van der Waals surface area contributed by atoms with Gasteiger partial charge in [-0.3, -0.25) is 0 Å². The van der Waals surface area contributed by atoms with Gasteiger partial charge in [0.2, 0.25) is 0 Å². The van der Waals surface area contributed by atoms with Gasteiger partial charge in [0.25, 0.3) is 0 Å². The first-order valence-corrected chi connectivity index (χ1v) is 8.07. The van der Waals surface area contributed by atoms with Gasteiger partial charge in [-0.15, -0.1) is 0 Å². The van der Waals surface area contributed by atoms with Crippen LogP contribution in [0.1, 0.15) is 56.8 Å². The van der Waals surface area contributed by atoms with Gasteiger partial charge in [0, 0.05) is 5.54 Å². The van der Waals surface area contributed by atoms with Crippen molar-refractivity contribution in [2.24, 2.45) is 17.6 Å². The van der Waals surface area contributed by atoms with Crippen LogP contribution in [0, 0.1) is 11.8 Å². The van der Waals surface area contributed by atoms with E-state index < -0.39 is 0 Å². The molecule has 0 saturated heterocycles. The SMILES string of the molecule is CC1CCC(N)(CC2OCCc3ccccc32)C(C)C1. The highest BCUT2D eigenvalue weighted by Gasteiger charge is 2.39. The maximum atomic E-state index is 6.77. The van der Waals surface area contributed by atoms with E-state index in [9.17, 15) is 0 Å². The number of benzene rings is 1.